The molecule has 1 aliphatic carbocycles. The Hall–Kier alpha value is -6.72. The highest BCUT2D eigenvalue weighted by Crippen LogP contribution is 2.34. The van der Waals surface area contributed by atoms with E-state index >= 15 is 28.8 Å². The van der Waals surface area contributed by atoms with Crippen LogP contribution in [0.15, 0.2) is 0 Å². The van der Waals surface area contributed by atoms with Gasteiger partial charge in [0.25, 0.3) is 5.91 Å². The Morgan fingerprint density at radius 1 is 0.582 bits per heavy atom. The first-order chi connectivity index (χ1) is 45.9. The van der Waals surface area contributed by atoms with Crippen LogP contribution >= 0.6 is 0 Å². The average Bonchev–Trinajstić information content (AvgIpc) is 1.02. The molecule has 12 amide bonds. The number of hydrogen-bond donors (Lipinski definition) is 4. The second kappa shape index (κ2) is 36.6. The quantitative estimate of drug-likeness (QED) is 0.135. The first kappa shape index (κ1) is 82.0. The highest BCUT2D eigenvalue weighted by Gasteiger charge is 2.55. The molecule has 2 unspecified atom stereocenters. The summed E-state index contributed by atoms with van der Waals surface area (Å²) in [5.41, 5.74) is 0. The van der Waals surface area contributed by atoms with Gasteiger partial charge in [0.15, 0.2) is 6.04 Å². The maximum absolute atomic E-state index is 15.6. The van der Waals surface area contributed by atoms with Crippen molar-refractivity contribution in [2.75, 3.05) is 88.3 Å². The smallest absolute Gasteiger partial charge is 0.407 e. The summed E-state index contributed by atoms with van der Waals surface area (Å²) in [4.78, 5) is 196. The van der Waals surface area contributed by atoms with Crippen LogP contribution in [-0.2, 0) is 71.8 Å². The molecule has 0 radical (unpaired) electrons. The number of carbonyl (C=O) groups is 12. The van der Waals surface area contributed by atoms with Gasteiger partial charge in [0.05, 0.1) is 25.9 Å². The minimum absolute atomic E-state index is 0.00184. The van der Waals surface area contributed by atoms with Crippen LogP contribution in [0.4, 0.5) is 4.79 Å². The summed E-state index contributed by atoms with van der Waals surface area (Å²) in [5, 5.41) is 12.2. The molecule has 2 bridgehead atoms. The van der Waals surface area contributed by atoms with Gasteiger partial charge in [-0.1, -0.05) is 69.2 Å². The van der Waals surface area contributed by atoms with E-state index in [9.17, 15) is 28.8 Å². The van der Waals surface area contributed by atoms with Crippen LogP contribution in [0.5, 0.6) is 0 Å². The predicted octanol–water partition coefficient (Wildman–Crippen LogP) is 2.22. The second-order valence-corrected chi connectivity index (χ2v) is 29.5. The number of alkyl carbamates (subject to hydrolysis) is 1. The van der Waals surface area contributed by atoms with Gasteiger partial charge < -0.3 is 69.8 Å². The van der Waals surface area contributed by atoms with Gasteiger partial charge in [0.1, 0.15) is 66.5 Å². The molecule has 0 aromatic heterocycles. The number of unbranched alkanes of at least 4 members (excludes halogenated alkanes) is 1. The largest absolute Gasteiger partial charge is 0.450 e. The molecule has 4 saturated heterocycles. The topological polar surface area (TPSA) is 319 Å². The molecule has 5 rings (SSSR count). The van der Waals surface area contributed by atoms with E-state index in [1.54, 1.807) is 55.4 Å². The molecule has 4 heterocycles. The van der Waals surface area contributed by atoms with Gasteiger partial charge in [0.2, 0.25) is 59.1 Å². The fraction of sp³-hybridized carbons (Fsp3) is 0.826. The third-order valence-electron chi connectivity index (χ3n) is 20.1. The third-order valence-corrected chi connectivity index (χ3v) is 20.1. The van der Waals surface area contributed by atoms with E-state index in [2.05, 4.69) is 26.2 Å². The Bertz CT molecular complexity index is 2800. The summed E-state index contributed by atoms with van der Waals surface area (Å²) < 4.78 is 17.4. The number of morpholine rings is 1. The fourth-order valence-electron chi connectivity index (χ4n) is 13.6. The summed E-state index contributed by atoms with van der Waals surface area (Å²) in [7, 11) is 8.52. The summed E-state index contributed by atoms with van der Waals surface area (Å²) in [6, 6.07) is -15.5. The molecular formula is C69H119N13O16. The van der Waals surface area contributed by atoms with Crippen LogP contribution < -0.4 is 21.3 Å². The van der Waals surface area contributed by atoms with Gasteiger partial charge in [-0.3, -0.25) is 62.5 Å². The minimum atomic E-state index is -1.44. The zero-order chi connectivity index (χ0) is 73.6. The molecule has 0 aromatic carbocycles. The van der Waals surface area contributed by atoms with E-state index < -0.39 is 174 Å². The Labute approximate surface area is 581 Å². The van der Waals surface area contributed by atoms with Gasteiger partial charge >= 0.3 is 6.09 Å². The Morgan fingerprint density at radius 2 is 1.16 bits per heavy atom. The minimum Gasteiger partial charge on any atom is -0.450 e. The molecule has 0 aromatic rings. The van der Waals surface area contributed by atoms with Crippen molar-refractivity contribution in [1.82, 2.24) is 65.5 Å². The average molecular weight is 1390 g/mol. The third kappa shape index (κ3) is 20.5. The van der Waals surface area contributed by atoms with Crippen molar-refractivity contribution in [2.24, 2.45) is 29.6 Å². The summed E-state index contributed by atoms with van der Waals surface area (Å²) >= 11 is 0. The molecule has 15 atom stereocenters. The molecule has 1 saturated carbocycles. The van der Waals surface area contributed by atoms with E-state index in [4.69, 9.17) is 19.0 Å². The van der Waals surface area contributed by atoms with Crippen molar-refractivity contribution in [1.29, 1.82) is 0 Å². The molecule has 4 N–H and O–H groups in total. The van der Waals surface area contributed by atoms with E-state index in [-0.39, 0.29) is 63.2 Å². The van der Waals surface area contributed by atoms with Crippen molar-refractivity contribution in [3.05, 3.63) is 0 Å². The maximum Gasteiger partial charge on any atom is 0.407 e. The van der Waals surface area contributed by atoms with E-state index in [1.807, 2.05) is 27.7 Å². The van der Waals surface area contributed by atoms with Crippen molar-refractivity contribution in [3.8, 4) is 0 Å². The second-order valence-electron chi connectivity index (χ2n) is 29.5. The lowest BCUT2D eigenvalue weighted by Gasteiger charge is -2.50. The van der Waals surface area contributed by atoms with Crippen LogP contribution in [0.3, 0.4) is 0 Å². The van der Waals surface area contributed by atoms with Gasteiger partial charge in [-0.2, -0.15) is 0 Å². The van der Waals surface area contributed by atoms with Crippen LogP contribution in [0.2, 0.25) is 0 Å². The summed E-state index contributed by atoms with van der Waals surface area (Å²) in [6.07, 6.45) is 0.586. The van der Waals surface area contributed by atoms with Crippen molar-refractivity contribution >= 4 is 71.1 Å². The molecule has 5 aliphatic rings. The molecule has 98 heavy (non-hydrogen) atoms. The number of ether oxygens (including phenoxy) is 3. The lowest BCUT2D eigenvalue weighted by Crippen LogP contribution is -2.72. The molecule has 29 nitrogen and oxygen atoms in total. The SMILES string of the molecule is CC[C@@H]1NC(=O)[C@@H]2[C@@H]([C@H](C)CCOC(=O)NC3CC3)ON2C(=O)[C@H](C(C)C)N(C)C(=O)[C@@H]2CC(C)N(C(=O)[C@H](C)NC(=O)[C@H](CC(C)C)N(C)C(=O)[C@H](C(C)C)NC(=O)C([C@@H](C)OCCCCN3CCOCC3)N(C)C(=O)[C@@H](C)N(C)C1=O)[C@H](C)C(=O)N(C)[C@@H](CC(C)C)C(=O)N2C. The zero-order valence-corrected chi connectivity index (χ0v) is 62.4. The standard InChI is InChI=1S/C69H119N13O16/c1-22-49-64(89)74(16)45(13)62(87)79(21)55(47(15)96-31-24-23-28-80-29-33-95-34-30-80)59(84)73-53(40(6)7)67(92)75(17)50(35-38(2)3)58(83)70-44(12)61(86)81-43(11)37-52(77(19)65(90)51(36-39(4)5)76(18)63(88)46(81)14)66(91)78(20)54(41(8)9)68(93)82-56(60(85)72-49)57(98-82)42(10)27-32-97-69(94)71-48-25-26-48/h38-57H,22-37H2,1-21H3,(H,70,83)(H,71,94)(H,72,85)(H,73,84)/t42-,43?,44+,45-,46-,47-,49+,50+,51+,52+,53+,54+,55?,56+,57-/m1/s1. The Balaban J connectivity index is 1.66. The van der Waals surface area contributed by atoms with E-state index in [1.165, 1.54) is 92.5 Å². The van der Waals surface area contributed by atoms with E-state index in [0.29, 0.717) is 19.6 Å². The maximum atomic E-state index is 15.6. The first-order valence-electron chi connectivity index (χ1n) is 35.6. The number of fused-ring (bicyclic) bond motifs is 4. The van der Waals surface area contributed by atoms with Gasteiger partial charge in [-0.05, 0) is 129 Å². The van der Waals surface area contributed by atoms with Gasteiger partial charge in [-0.25, -0.2) is 9.86 Å². The fourth-order valence-corrected chi connectivity index (χ4v) is 13.6. The molecule has 4 aliphatic heterocycles. The number of hydrogen-bond acceptors (Lipinski definition) is 17. The van der Waals surface area contributed by atoms with Gasteiger partial charge in [-0.15, -0.1) is 0 Å². The zero-order valence-electron chi connectivity index (χ0n) is 62.4. The Morgan fingerprint density at radius 3 is 1.73 bits per heavy atom. The molecule has 5 fully saturated rings. The normalized spacial score (nSPS) is 29.8. The molecule has 0 spiro atoms. The number of amides is 12. The molecule has 556 valence electrons. The van der Waals surface area contributed by atoms with Crippen molar-refractivity contribution < 1.29 is 76.6 Å². The first-order valence-corrected chi connectivity index (χ1v) is 35.6. The van der Waals surface area contributed by atoms with Crippen LogP contribution in [0.1, 0.15) is 162 Å². The number of carbonyl (C=O) groups excluding carboxylic acids is 12. The predicted molar refractivity (Wildman–Crippen MR) is 364 cm³/mol. The number of hydroxylamine groups is 2. The number of nitrogens with one attached hydrogen (secondary N) is 4. The monoisotopic (exact) mass is 1390 g/mol. The lowest BCUT2D eigenvalue weighted by molar-refractivity contribution is -0.322. The van der Waals surface area contributed by atoms with Crippen LogP contribution in [0.25, 0.3) is 0 Å². The van der Waals surface area contributed by atoms with E-state index in [0.717, 1.165) is 48.9 Å². The lowest BCUT2D eigenvalue weighted by atomic mass is 9.90. The summed E-state index contributed by atoms with van der Waals surface area (Å²) in [6.45, 7) is 29.2. The van der Waals surface area contributed by atoms with Gasteiger partial charge in [0, 0.05) is 74.1 Å². The highest BCUT2D eigenvalue weighted by atomic mass is 16.7. The summed E-state index contributed by atoms with van der Waals surface area (Å²) in [5.74, 6) is -9.97. The van der Waals surface area contributed by atoms with Crippen molar-refractivity contribution in [2.45, 2.75) is 252 Å². The highest BCUT2D eigenvalue weighted by molar-refractivity contribution is 6.00. The van der Waals surface area contributed by atoms with Crippen LogP contribution in [-0.4, -0.2) is 294 Å². The molecular weight excluding hydrogens is 1270 g/mol. The number of rotatable bonds is 19. The van der Waals surface area contributed by atoms with Crippen molar-refractivity contribution in [3.63, 3.8) is 0 Å². The Kier molecular flexibility index (Phi) is 30.6. The molecule has 29 heteroatoms. The number of nitrogens with zero attached hydrogens (tertiary/aromatic N) is 9. The van der Waals surface area contributed by atoms with Crippen LogP contribution in [0, 0.1) is 29.6 Å². The number of likely N-dealkylation sites (N-methyl/N-ethyl adjacent to an activating group) is 6.